The number of carboxylic acid groups (broad SMARTS) is 1. The molecule has 0 bridgehead atoms. The molecule has 0 amide bonds. The number of carboxylic acids is 1. The Morgan fingerprint density at radius 2 is 2.29 bits per heavy atom. The van der Waals surface area contributed by atoms with E-state index in [1.54, 1.807) is 6.08 Å². The average Bonchev–Trinajstić information content (AvgIpc) is 2.30. The highest BCUT2D eigenvalue weighted by Crippen LogP contribution is 2.13. The Bertz CT molecular complexity index is 402. The summed E-state index contributed by atoms with van der Waals surface area (Å²) >= 11 is 0. The van der Waals surface area contributed by atoms with Crippen molar-refractivity contribution in [1.29, 1.82) is 0 Å². The van der Waals surface area contributed by atoms with Crippen molar-refractivity contribution in [3.8, 4) is 0 Å². The Hall–Kier alpha value is -1.68. The molecule has 0 spiro atoms. The minimum Gasteiger partial charge on any atom is -0.478 e. The van der Waals surface area contributed by atoms with Crippen LogP contribution in [0.1, 0.15) is 28.8 Å². The zero-order valence-corrected chi connectivity index (χ0v) is 9.49. The highest BCUT2D eigenvalue weighted by molar-refractivity contribution is 5.89. The largest absolute Gasteiger partial charge is 0.478 e. The standard InChI is InChI=1S/C13H15FO3/c1-2-3-4-7-17-9-10-5-6-11(14)8-12(10)13(15)16/h2,5-6,8H,1,3-4,7,9H2,(H,15,16). The number of halogens is 1. The molecule has 0 unspecified atom stereocenters. The molecule has 0 aliphatic carbocycles. The SMILES string of the molecule is C=CCCCOCc1ccc(F)cc1C(=O)O. The molecule has 0 atom stereocenters. The predicted molar refractivity (Wildman–Crippen MR) is 62.4 cm³/mol. The maximum atomic E-state index is 12.9. The summed E-state index contributed by atoms with van der Waals surface area (Å²) in [6.45, 7) is 4.30. The van der Waals surface area contributed by atoms with Gasteiger partial charge in [-0.25, -0.2) is 9.18 Å². The summed E-state index contributed by atoms with van der Waals surface area (Å²) in [7, 11) is 0. The van der Waals surface area contributed by atoms with Crippen LogP contribution < -0.4 is 0 Å². The summed E-state index contributed by atoms with van der Waals surface area (Å²) in [5, 5.41) is 8.90. The first-order valence-electron chi connectivity index (χ1n) is 5.35. The highest BCUT2D eigenvalue weighted by atomic mass is 19.1. The molecule has 0 radical (unpaired) electrons. The summed E-state index contributed by atoms with van der Waals surface area (Å²) < 4.78 is 18.2. The van der Waals surface area contributed by atoms with Crippen LogP contribution in [0.3, 0.4) is 0 Å². The number of ether oxygens (including phenoxy) is 1. The molecule has 1 rings (SSSR count). The van der Waals surface area contributed by atoms with Gasteiger partial charge in [-0.1, -0.05) is 12.1 Å². The first-order chi connectivity index (χ1) is 8.15. The van der Waals surface area contributed by atoms with Crippen molar-refractivity contribution < 1.29 is 19.0 Å². The number of rotatable bonds is 7. The minimum absolute atomic E-state index is 0.0475. The predicted octanol–water partition coefficient (Wildman–Crippen LogP) is 3.01. The van der Waals surface area contributed by atoms with Gasteiger partial charge in [0.15, 0.2) is 0 Å². The lowest BCUT2D eigenvalue weighted by Gasteiger charge is -2.07. The maximum absolute atomic E-state index is 12.9. The van der Waals surface area contributed by atoms with E-state index in [4.69, 9.17) is 9.84 Å². The van der Waals surface area contributed by atoms with Crippen molar-refractivity contribution in [2.45, 2.75) is 19.4 Å². The van der Waals surface area contributed by atoms with Gasteiger partial charge in [0.2, 0.25) is 0 Å². The Labute approximate surface area is 99.5 Å². The van der Waals surface area contributed by atoms with Crippen LogP contribution in [0.4, 0.5) is 4.39 Å². The summed E-state index contributed by atoms with van der Waals surface area (Å²) in [5.41, 5.74) is 0.436. The smallest absolute Gasteiger partial charge is 0.336 e. The van der Waals surface area contributed by atoms with Gasteiger partial charge in [0.05, 0.1) is 12.2 Å². The van der Waals surface area contributed by atoms with Gasteiger partial charge in [0.1, 0.15) is 5.82 Å². The van der Waals surface area contributed by atoms with Gasteiger partial charge in [-0.15, -0.1) is 6.58 Å². The maximum Gasteiger partial charge on any atom is 0.336 e. The third-order valence-electron chi connectivity index (χ3n) is 2.26. The molecule has 0 fully saturated rings. The number of benzene rings is 1. The third-order valence-corrected chi connectivity index (χ3v) is 2.26. The Morgan fingerprint density at radius 1 is 1.53 bits per heavy atom. The third kappa shape index (κ3) is 4.36. The van der Waals surface area contributed by atoms with E-state index in [-0.39, 0.29) is 12.2 Å². The first kappa shape index (κ1) is 13.4. The van der Waals surface area contributed by atoms with E-state index < -0.39 is 11.8 Å². The minimum atomic E-state index is -1.14. The molecule has 0 saturated carbocycles. The van der Waals surface area contributed by atoms with Crippen LogP contribution in [0.15, 0.2) is 30.9 Å². The fraction of sp³-hybridized carbons (Fsp3) is 0.308. The van der Waals surface area contributed by atoms with E-state index in [1.807, 2.05) is 0 Å². The fourth-order valence-corrected chi connectivity index (χ4v) is 1.39. The van der Waals surface area contributed by atoms with E-state index >= 15 is 0 Å². The molecule has 1 N–H and O–H groups in total. The van der Waals surface area contributed by atoms with Gasteiger partial charge >= 0.3 is 5.97 Å². The van der Waals surface area contributed by atoms with Crippen LogP contribution in [-0.4, -0.2) is 17.7 Å². The topological polar surface area (TPSA) is 46.5 Å². The second-order valence-corrected chi connectivity index (χ2v) is 3.59. The summed E-state index contributed by atoms with van der Waals surface area (Å²) in [4.78, 5) is 10.9. The Balaban J connectivity index is 2.58. The Kier molecular flexibility index (Phi) is 5.36. The van der Waals surface area contributed by atoms with Crippen molar-refractivity contribution in [2.75, 3.05) is 6.61 Å². The number of aromatic carboxylic acids is 1. The van der Waals surface area contributed by atoms with Gasteiger partial charge in [0.25, 0.3) is 0 Å². The second-order valence-electron chi connectivity index (χ2n) is 3.59. The van der Waals surface area contributed by atoms with E-state index in [1.165, 1.54) is 12.1 Å². The van der Waals surface area contributed by atoms with Crippen molar-refractivity contribution in [3.63, 3.8) is 0 Å². The van der Waals surface area contributed by atoms with Crippen molar-refractivity contribution in [3.05, 3.63) is 47.8 Å². The number of hydrogen-bond acceptors (Lipinski definition) is 2. The number of allylic oxidation sites excluding steroid dienone is 1. The van der Waals surface area contributed by atoms with Crippen molar-refractivity contribution >= 4 is 5.97 Å². The normalized spacial score (nSPS) is 10.2. The molecule has 4 heteroatoms. The van der Waals surface area contributed by atoms with Gasteiger partial charge in [0, 0.05) is 6.61 Å². The molecule has 0 saturated heterocycles. The summed E-state index contributed by atoms with van der Waals surface area (Å²) in [6.07, 6.45) is 3.49. The van der Waals surface area contributed by atoms with Crippen LogP contribution in [0.5, 0.6) is 0 Å². The molecule has 0 heterocycles. The monoisotopic (exact) mass is 238 g/mol. The van der Waals surface area contributed by atoms with Crippen LogP contribution in [0.25, 0.3) is 0 Å². The van der Waals surface area contributed by atoms with E-state index in [9.17, 15) is 9.18 Å². The van der Waals surface area contributed by atoms with Crippen LogP contribution in [0, 0.1) is 5.82 Å². The molecule has 0 aliphatic heterocycles. The van der Waals surface area contributed by atoms with Crippen LogP contribution in [-0.2, 0) is 11.3 Å². The lowest BCUT2D eigenvalue weighted by Crippen LogP contribution is -2.05. The number of unbranched alkanes of at least 4 members (excludes halogenated alkanes) is 1. The van der Waals surface area contributed by atoms with Gasteiger partial charge in [-0.2, -0.15) is 0 Å². The molecule has 0 aromatic heterocycles. The Morgan fingerprint density at radius 3 is 2.94 bits per heavy atom. The lowest BCUT2D eigenvalue weighted by molar-refractivity contribution is 0.0686. The second kappa shape index (κ2) is 6.81. The van der Waals surface area contributed by atoms with Crippen molar-refractivity contribution in [1.82, 2.24) is 0 Å². The molecular weight excluding hydrogens is 223 g/mol. The van der Waals surface area contributed by atoms with Gasteiger partial charge in [-0.05, 0) is 30.5 Å². The quantitative estimate of drug-likeness (QED) is 0.586. The molecule has 1 aromatic carbocycles. The fourth-order valence-electron chi connectivity index (χ4n) is 1.39. The zero-order valence-electron chi connectivity index (χ0n) is 9.49. The van der Waals surface area contributed by atoms with Crippen LogP contribution >= 0.6 is 0 Å². The van der Waals surface area contributed by atoms with Gasteiger partial charge < -0.3 is 9.84 Å². The molecule has 0 aliphatic rings. The molecule has 3 nitrogen and oxygen atoms in total. The van der Waals surface area contributed by atoms with E-state index in [0.717, 1.165) is 18.9 Å². The zero-order chi connectivity index (χ0) is 12.7. The highest BCUT2D eigenvalue weighted by Gasteiger charge is 2.10. The van der Waals surface area contributed by atoms with Gasteiger partial charge in [-0.3, -0.25) is 0 Å². The number of carbonyl (C=O) groups is 1. The van der Waals surface area contributed by atoms with Crippen molar-refractivity contribution in [2.24, 2.45) is 0 Å². The van der Waals surface area contributed by atoms with E-state index in [0.29, 0.717) is 12.2 Å². The molecular formula is C13H15FO3. The van der Waals surface area contributed by atoms with Crippen LogP contribution in [0.2, 0.25) is 0 Å². The van der Waals surface area contributed by atoms with E-state index in [2.05, 4.69) is 6.58 Å². The molecule has 1 aromatic rings. The first-order valence-corrected chi connectivity index (χ1v) is 5.35. The molecule has 17 heavy (non-hydrogen) atoms. The summed E-state index contributed by atoms with van der Waals surface area (Å²) in [5.74, 6) is -1.70. The lowest BCUT2D eigenvalue weighted by atomic mass is 10.1. The summed E-state index contributed by atoms with van der Waals surface area (Å²) in [6, 6.07) is 3.67. The average molecular weight is 238 g/mol. The number of hydrogen-bond donors (Lipinski definition) is 1. The molecule has 92 valence electrons.